The van der Waals surface area contributed by atoms with Gasteiger partial charge in [-0.15, -0.1) is 0 Å². The number of rotatable bonds is 8. The van der Waals surface area contributed by atoms with E-state index in [2.05, 4.69) is 52.4 Å². The summed E-state index contributed by atoms with van der Waals surface area (Å²) in [5.74, 6) is 0.616. The Labute approximate surface area is 119 Å². The zero-order chi connectivity index (χ0) is 14.5. The molecule has 1 heterocycles. The van der Waals surface area contributed by atoms with Gasteiger partial charge in [0.25, 0.3) is 0 Å². The molecule has 0 N–H and O–H groups in total. The van der Waals surface area contributed by atoms with Gasteiger partial charge in [0.1, 0.15) is 0 Å². The quantitative estimate of drug-likeness (QED) is 0.625. The summed E-state index contributed by atoms with van der Waals surface area (Å²) >= 11 is 0. The molecule has 1 unspecified atom stereocenters. The van der Waals surface area contributed by atoms with Crippen LogP contribution in [0.15, 0.2) is 6.33 Å². The van der Waals surface area contributed by atoms with Crippen molar-refractivity contribution in [2.24, 2.45) is 0 Å². The van der Waals surface area contributed by atoms with Gasteiger partial charge >= 0.3 is 0 Å². The lowest BCUT2D eigenvalue weighted by molar-refractivity contribution is 0.471. The second kappa shape index (κ2) is 7.12. The molecular weight excluding hydrogens is 232 g/mol. The number of nitrogens with zero attached hydrogens (tertiary/aromatic N) is 2. The average molecular weight is 264 g/mol. The highest BCUT2D eigenvalue weighted by molar-refractivity contribution is 5.25. The van der Waals surface area contributed by atoms with Gasteiger partial charge in [-0.25, -0.2) is 4.98 Å². The highest BCUT2D eigenvalue weighted by Gasteiger charge is 2.28. The first kappa shape index (κ1) is 16.3. The molecule has 19 heavy (non-hydrogen) atoms. The minimum Gasteiger partial charge on any atom is -0.334 e. The summed E-state index contributed by atoms with van der Waals surface area (Å²) in [6.07, 6.45) is 8.20. The zero-order valence-corrected chi connectivity index (χ0v) is 13.8. The minimum atomic E-state index is 0.189. The molecule has 1 rings (SSSR count). The van der Waals surface area contributed by atoms with Crippen molar-refractivity contribution in [2.75, 3.05) is 0 Å². The Kier molecular flexibility index (Phi) is 6.09. The summed E-state index contributed by atoms with van der Waals surface area (Å²) in [6, 6.07) is 0. The third kappa shape index (κ3) is 3.84. The van der Waals surface area contributed by atoms with Crippen LogP contribution in [-0.4, -0.2) is 9.55 Å². The molecule has 1 aromatic heterocycles. The number of hydrogen-bond acceptors (Lipinski definition) is 1. The van der Waals surface area contributed by atoms with Crippen molar-refractivity contribution < 1.29 is 0 Å². The van der Waals surface area contributed by atoms with Gasteiger partial charge in [-0.05, 0) is 25.2 Å². The fraction of sp³-hybridized carbons (Fsp3) is 0.824. The molecule has 0 radical (unpaired) electrons. The molecule has 0 bridgehead atoms. The van der Waals surface area contributed by atoms with E-state index in [0.717, 1.165) is 13.0 Å². The van der Waals surface area contributed by atoms with Crippen LogP contribution < -0.4 is 0 Å². The van der Waals surface area contributed by atoms with Crippen LogP contribution in [-0.2, 0) is 12.0 Å². The highest BCUT2D eigenvalue weighted by atomic mass is 15.1. The van der Waals surface area contributed by atoms with Crippen LogP contribution in [0.2, 0.25) is 0 Å². The lowest BCUT2D eigenvalue weighted by atomic mass is 9.82. The SMILES string of the molecule is CCCCn1cnc(C(C)(C)CC)c1C(C)CCC. The zero-order valence-electron chi connectivity index (χ0n) is 13.8. The highest BCUT2D eigenvalue weighted by Crippen LogP contribution is 2.34. The Bertz CT molecular complexity index is 377. The summed E-state index contributed by atoms with van der Waals surface area (Å²) in [5, 5.41) is 0. The minimum absolute atomic E-state index is 0.189. The second-order valence-corrected chi connectivity index (χ2v) is 6.45. The van der Waals surface area contributed by atoms with E-state index >= 15 is 0 Å². The van der Waals surface area contributed by atoms with Gasteiger partial charge in [0.15, 0.2) is 0 Å². The van der Waals surface area contributed by atoms with Gasteiger partial charge in [-0.1, -0.05) is 54.4 Å². The van der Waals surface area contributed by atoms with Crippen molar-refractivity contribution in [3.63, 3.8) is 0 Å². The Morgan fingerprint density at radius 2 is 1.89 bits per heavy atom. The summed E-state index contributed by atoms with van der Waals surface area (Å²) in [6.45, 7) is 14.9. The van der Waals surface area contributed by atoms with Crippen LogP contribution in [0.4, 0.5) is 0 Å². The summed E-state index contributed by atoms with van der Waals surface area (Å²) < 4.78 is 2.41. The van der Waals surface area contributed by atoms with Crippen molar-refractivity contribution in [2.45, 2.75) is 91.5 Å². The summed E-state index contributed by atoms with van der Waals surface area (Å²) in [5.41, 5.74) is 3.00. The molecule has 2 nitrogen and oxygen atoms in total. The van der Waals surface area contributed by atoms with E-state index in [0.29, 0.717) is 5.92 Å². The normalized spacial score (nSPS) is 13.8. The summed E-state index contributed by atoms with van der Waals surface area (Å²) in [7, 11) is 0. The fourth-order valence-electron chi connectivity index (χ4n) is 2.67. The van der Waals surface area contributed by atoms with Gasteiger partial charge in [0, 0.05) is 17.7 Å². The molecule has 1 atom stereocenters. The van der Waals surface area contributed by atoms with Crippen LogP contribution in [0.3, 0.4) is 0 Å². The summed E-state index contributed by atoms with van der Waals surface area (Å²) in [4.78, 5) is 4.78. The molecular formula is C17H32N2. The van der Waals surface area contributed by atoms with Gasteiger partial charge in [-0.3, -0.25) is 0 Å². The van der Waals surface area contributed by atoms with Crippen LogP contribution in [0.5, 0.6) is 0 Å². The molecule has 1 aromatic rings. The van der Waals surface area contributed by atoms with Crippen LogP contribution in [0.25, 0.3) is 0 Å². The Morgan fingerprint density at radius 3 is 2.42 bits per heavy atom. The topological polar surface area (TPSA) is 17.8 Å². The average Bonchev–Trinajstić information content (AvgIpc) is 2.81. The monoisotopic (exact) mass is 264 g/mol. The predicted molar refractivity (Wildman–Crippen MR) is 83.8 cm³/mol. The third-order valence-electron chi connectivity index (χ3n) is 4.34. The maximum atomic E-state index is 4.78. The Morgan fingerprint density at radius 1 is 1.21 bits per heavy atom. The largest absolute Gasteiger partial charge is 0.334 e. The molecule has 2 heteroatoms. The van der Waals surface area contributed by atoms with Crippen LogP contribution in [0, 0.1) is 0 Å². The van der Waals surface area contributed by atoms with E-state index in [1.807, 2.05) is 0 Å². The van der Waals surface area contributed by atoms with Crippen molar-refractivity contribution in [3.05, 3.63) is 17.7 Å². The molecule has 0 amide bonds. The van der Waals surface area contributed by atoms with Gasteiger partial charge < -0.3 is 4.57 Å². The Hall–Kier alpha value is -0.790. The van der Waals surface area contributed by atoms with Crippen LogP contribution >= 0.6 is 0 Å². The lowest BCUT2D eigenvalue weighted by Crippen LogP contribution is -2.20. The molecule has 0 aromatic carbocycles. The molecule has 0 aliphatic carbocycles. The first-order chi connectivity index (χ1) is 8.97. The molecule has 0 aliphatic heterocycles. The maximum absolute atomic E-state index is 4.78. The number of hydrogen-bond donors (Lipinski definition) is 0. The van der Waals surface area contributed by atoms with E-state index in [4.69, 9.17) is 4.98 Å². The Balaban J connectivity index is 3.13. The molecule has 0 saturated carbocycles. The van der Waals surface area contributed by atoms with Gasteiger partial charge in [-0.2, -0.15) is 0 Å². The van der Waals surface area contributed by atoms with E-state index in [1.54, 1.807) is 0 Å². The van der Waals surface area contributed by atoms with Gasteiger partial charge in [0.2, 0.25) is 0 Å². The number of aryl methyl sites for hydroxylation is 1. The maximum Gasteiger partial charge on any atom is 0.0951 e. The first-order valence-electron chi connectivity index (χ1n) is 8.03. The van der Waals surface area contributed by atoms with Crippen molar-refractivity contribution in [3.8, 4) is 0 Å². The molecule has 0 aliphatic rings. The molecule has 0 spiro atoms. The number of unbranched alkanes of at least 4 members (excludes halogenated alkanes) is 1. The predicted octanol–water partition coefficient (Wildman–Crippen LogP) is 5.27. The van der Waals surface area contributed by atoms with E-state index in [9.17, 15) is 0 Å². The van der Waals surface area contributed by atoms with E-state index < -0.39 is 0 Å². The number of imidazole rings is 1. The molecule has 110 valence electrons. The molecule has 0 saturated heterocycles. The van der Waals surface area contributed by atoms with Crippen molar-refractivity contribution in [1.82, 2.24) is 9.55 Å². The second-order valence-electron chi connectivity index (χ2n) is 6.45. The van der Waals surface area contributed by atoms with Crippen molar-refractivity contribution >= 4 is 0 Å². The molecule has 0 fully saturated rings. The third-order valence-corrected chi connectivity index (χ3v) is 4.34. The van der Waals surface area contributed by atoms with Crippen LogP contribution in [0.1, 0.15) is 91.0 Å². The lowest BCUT2D eigenvalue weighted by Gasteiger charge is -2.25. The van der Waals surface area contributed by atoms with E-state index in [-0.39, 0.29) is 5.41 Å². The standard InChI is InChI=1S/C17H32N2/c1-7-10-12-19-13-18-16(17(5,6)9-3)15(19)14(4)11-8-2/h13-14H,7-12H2,1-6H3. The van der Waals surface area contributed by atoms with Crippen molar-refractivity contribution in [1.29, 1.82) is 0 Å². The first-order valence-corrected chi connectivity index (χ1v) is 8.03. The number of aromatic nitrogens is 2. The fourth-order valence-corrected chi connectivity index (χ4v) is 2.67. The van der Waals surface area contributed by atoms with E-state index in [1.165, 1.54) is 37.1 Å². The smallest absolute Gasteiger partial charge is 0.0951 e. The van der Waals surface area contributed by atoms with Gasteiger partial charge in [0.05, 0.1) is 12.0 Å².